The Morgan fingerprint density at radius 3 is 2.24 bits per heavy atom. The van der Waals surface area contributed by atoms with E-state index in [0.29, 0.717) is 0 Å². The first-order chi connectivity index (χ1) is 8.35. The second kappa shape index (κ2) is 6.03. The number of nitrogens with one attached hydrogen (secondary N) is 1. The molecule has 0 heterocycles. The van der Waals surface area contributed by atoms with Gasteiger partial charge in [0.05, 0.1) is 5.69 Å². The summed E-state index contributed by atoms with van der Waals surface area (Å²) >= 11 is 3.57. The largest absolute Gasteiger partial charge is 0.355 e. The van der Waals surface area contributed by atoms with Gasteiger partial charge < -0.3 is 5.32 Å². The average Bonchev–Trinajstić information content (AvgIpc) is 2.39. The molecule has 0 saturated carbocycles. The van der Waals surface area contributed by atoms with Gasteiger partial charge in [0.2, 0.25) is 0 Å². The molecule has 0 aliphatic rings. The Morgan fingerprint density at radius 1 is 0.824 bits per heavy atom. The lowest BCUT2D eigenvalue weighted by Gasteiger charge is -2.13. The molecule has 1 N–H and O–H groups in total. The maximum Gasteiger partial charge on any atom is 0.0533 e. The Hall–Kier alpha value is -1.06. The van der Waals surface area contributed by atoms with Crippen LogP contribution in [0.25, 0.3) is 0 Å². The average molecular weight is 261 g/mol. The topological polar surface area (TPSA) is 12.0 Å². The van der Waals surface area contributed by atoms with E-state index in [1.807, 2.05) is 18.2 Å². The lowest BCUT2D eigenvalue weighted by Crippen LogP contribution is -1.93. The summed E-state index contributed by atoms with van der Waals surface area (Å²) in [5.41, 5.74) is 2.30. The van der Waals surface area contributed by atoms with Crippen LogP contribution in [-0.4, -0.2) is 12.5 Å². The molecule has 2 rings (SSSR count). The Kier molecular flexibility index (Phi) is 4.40. The molecule has 0 fully saturated rings. The van der Waals surface area contributed by atoms with Crippen LogP contribution < -0.4 is 5.32 Å². The van der Waals surface area contributed by atoms with Gasteiger partial charge in [-0.3, -0.25) is 0 Å². The third kappa shape index (κ3) is 2.99. The molecule has 1 nitrogen and oxygen atoms in total. The van der Waals surface area contributed by atoms with Crippen LogP contribution in [0.3, 0.4) is 0 Å². The van der Waals surface area contributed by atoms with Crippen molar-refractivity contribution in [1.82, 2.24) is 0 Å². The van der Waals surface area contributed by atoms with E-state index >= 15 is 0 Å². The van der Waals surface area contributed by atoms with Crippen molar-refractivity contribution in [3.8, 4) is 0 Å². The number of thioether (sulfide) groups is 2. The number of anilines is 2. The smallest absolute Gasteiger partial charge is 0.0533 e. The molecule has 0 saturated heterocycles. The fourth-order valence-electron chi connectivity index (χ4n) is 1.66. The Balaban J connectivity index is 2.33. The zero-order valence-electron chi connectivity index (χ0n) is 9.94. The van der Waals surface area contributed by atoms with Crippen LogP contribution in [0.2, 0.25) is 0 Å². The van der Waals surface area contributed by atoms with Crippen molar-refractivity contribution in [2.45, 2.75) is 9.79 Å². The van der Waals surface area contributed by atoms with E-state index in [-0.39, 0.29) is 0 Å². The summed E-state index contributed by atoms with van der Waals surface area (Å²) in [6, 6.07) is 16.6. The van der Waals surface area contributed by atoms with E-state index in [2.05, 4.69) is 48.2 Å². The van der Waals surface area contributed by atoms with Crippen molar-refractivity contribution < 1.29 is 0 Å². The van der Waals surface area contributed by atoms with Crippen LogP contribution in [0.5, 0.6) is 0 Å². The molecule has 0 unspecified atom stereocenters. The molecule has 3 heteroatoms. The van der Waals surface area contributed by atoms with Gasteiger partial charge in [0.1, 0.15) is 0 Å². The highest BCUT2D eigenvalue weighted by atomic mass is 32.2. The van der Waals surface area contributed by atoms with Crippen molar-refractivity contribution in [3.63, 3.8) is 0 Å². The van der Waals surface area contributed by atoms with Gasteiger partial charge >= 0.3 is 0 Å². The highest BCUT2D eigenvalue weighted by Gasteiger charge is 2.06. The van der Waals surface area contributed by atoms with Crippen LogP contribution in [0.4, 0.5) is 11.4 Å². The number of hydrogen-bond acceptors (Lipinski definition) is 3. The van der Waals surface area contributed by atoms with Crippen molar-refractivity contribution in [2.75, 3.05) is 17.8 Å². The summed E-state index contributed by atoms with van der Waals surface area (Å²) in [4.78, 5) is 2.63. The monoisotopic (exact) mass is 261 g/mol. The van der Waals surface area contributed by atoms with Crippen LogP contribution in [0.15, 0.2) is 58.3 Å². The minimum atomic E-state index is 1.13. The second-order valence-electron chi connectivity index (χ2n) is 3.53. The first-order valence-corrected chi connectivity index (χ1v) is 7.83. The molecule has 0 aromatic heterocycles. The Labute approximate surface area is 111 Å². The molecular weight excluding hydrogens is 246 g/mol. The molecular formula is C14H15NS2. The van der Waals surface area contributed by atoms with Gasteiger partial charge in [-0.1, -0.05) is 24.3 Å². The van der Waals surface area contributed by atoms with Gasteiger partial charge in [-0.05, 0) is 36.8 Å². The normalized spacial score (nSPS) is 10.2. The molecule has 0 radical (unpaired) electrons. The maximum absolute atomic E-state index is 3.46. The van der Waals surface area contributed by atoms with E-state index in [9.17, 15) is 0 Å². The summed E-state index contributed by atoms with van der Waals surface area (Å²) in [5, 5.41) is 3.46. The lowest BCUT2D eigenvalue weighted by molar-refractivity contribution is 1.25. The van der Waals surface area contributed by atoms with Crippen molar-refractivity contribution in [1.29, 1.82) is 0 Å². The minimum Gasteiger partial charge on any atom is -0.355 e. The molecule has 2 aromatic rings. The third-order valence-corrected chi connectivity index (χ3v) is 4.21. The van der Waals surface area contributed by atoms with Gasteiger partial charge in [-0.15, -0.1) is 23.5 Å². The van der Waals surface area contributed by atoms with Gasteiger partial charge in [0, 0.05) is 15.5 Å². The molecule has 0 aliphatic carbocycles. The molecule has 0 aliphatic heterocycles. The number of benzene rings is 2. The van der Waals surface area contributed by atoms with E-state index in [1.165, 1.54) is 15.5 Å². The predicted molar refractivity (Wildman–Crippen MR) is 79.7 cm³/mol. The van der Waals surface area contributed by atoms with Crippen LogP contribution >= 0.6 is 23.5 Å². The quantitative estimate of drug-likeness (QED) is 0.788. The zero-order valence-corrected chi connectivity index (χ0v) is 11.6. The van der Waals surface area contributed by atoms with Crippen LogP contribution in [-0.2, 0) is 0 Å². The summed E-state index contributed by atoms with van der Waals surface area (Å²) < 4.78 is 0. The molecule has 17 heavy (non-hydrogen) atoms. The number of rotatable bonds is 4. The second-order valence-corrected chi connectivity index (χ2v) is 5.20. The molecule has 0 atom stereocenters. The predicted octanol–water partition coefficient (Wildman–Crippen LogP) is 4.87. The Bertz CT molecular complexity index is 483. The highest BCUT2D eigenvalue weighted by molar-refractivity contribution is 8.01. The van der Waals surface area contributed by atoms with Crippen LogP contribution in [0.1, 0.15) is 0 Å². The standard InChI is InChI=1S/C14H15NS2/c1-16-13-10-6-9-12(14(13)17-2)15-11-7-4-3-5-8-11/h3-10,15H,1-2H3. The van der Waals surface area contributed by atoms with Crippen molar-refractivity contribution in [2.24, 2.45) is 0 Å². The van der Waals surface area contributed by atoms with Crippen molar-refractivity contribution >= 4 is 34.9 Å². The lowest BCUT2D eigenvalue weighted by atomic mass is 10.2. The minimum absolute atomic E-state index is 1.13. The SMILES string of the molecule is CSc1cccc(Nc2ccccc2)c1SC. The van der Waals surface area contributed by atoms with Crippen molar-refractivity contribution in [3.05, 3.63) is 48.5 Å². The Morgan fingerprint density at radius 2 is 1.59 bits per heavy atom. The number of hydrogen-bond donors (Lipinski definition) is 1. The molecule has 0 amide bonds. The van der Waals surface area contributed by atoms with Gasteiger partial charge in [-0.2, -0.15) is 0 Å². The summed E-state index contributed by atoms with van der Waals surface area (Å²) in [6.07, 6.45) is 4.23. The van der Waals surface area contributed by atoms with Crippen LogP contribution in [0, 0.1) is 0 Å². The van der Waals surface area contributed by atoms with Gasteiger partial charge in [0.15, 0.2) is 0 Å². The first kappa shape index (κ1) is 12.4. The van der Waals surface area contributed by atoms with Gasteiger partial charge in [0.25, 0.3) is 0 Å². The fourth-order valence-corrected chi connectivity index (χ4v) is 3.28. The molecule has 0 spiro atoms. The van der Waals surface area contributed by atoms with E-state index in [4.69, 9.17) is 0 Å². The maximum atomic E-state index is 3.46. The number of para-hydroxylation sites is 1. The van der Waals surface area contributed by atoms with E-state index in [0.717, 1.165) is 5.69 Å². The molecule has 2 aromatic carbocycles. The molecule has 0 bridgehead atoms. The third-order valence-electron chi connectivity index (χ3n) is 2.46. The van der Waals surface area contributed by atoms with E-state index < -0.39 is 0 Å². The first-order valence-electron chi connectivity index (χ1n) is 5.38. The van der Waals surface area contributed by atoms with E-state index in [1.54, 1.807) is 23.5 Å². The summed E-state index contributed by atoms with van der Waals surface area (Å²) in [7, 11) is 0. The summed E-state index contributed by atoms with van der Waals surface area (Å²) in [5.74, 6) is 0. The summed E-state index contributed by atoms with van der Waals surface area (Å²) in [6.45, 7) is 0. The fraction of sp³-hybridized carbons (Fsp3) is 0.143. The van der Waals surface area contributed by atoms with Gasteiger partial charge in [-0.25, -0.2) is 0 Å². The highest BCUT2D eigenvalue weighted by Crippen LogP contribution is 2.35. The zero-order chi connectivity index (χ0) is 12.1. The molecule has 88 valence electrons.